The molecule has 5 nitrogen and oxygen atoms in total. The fourth-order valence-corrected chi connectivity index (χ4v) is 3.70. The molecule has 0 saturated carbocycles. The molecule has 3 aromatic heterocycles. The minimum atomic E-state index is -0.350. The van der Waals surface area contributed by atoms with E-state index in [4.69, 9.17) is 0 Å². The van der Waals surface area contributed by atoms with Crippen LogP contribution >= 0.6 is 0 Å². The van der Waals surface area contributed by atoms with E-state index in [1.165, 1.54) is 17.0 Å². The van der Waals surface area contributed by atoms with Crippen molar-refractivity contribution < 1.29 is 4.39 Å². The van der Waals surface area contributed by atoms with Crippen molar-refractivity contribution in [3.8, 4) is 11.1 Å². The van der Waals surface area contributed by atoms with Gasteiger partial charge in [0.05, 0.1) is 30.0 Å². The lowest BCUT2D eigenvalue weighted by Gasteiger charge is -2.10. The minimum absolute atomic E-state index is 0.117. The second kappa shape index (κ2) is 6.67. The van der Waals surface area contributed by atoms with Crippen LogP contribution in [0.5, 0.6) is 0 Å². The van der Waals surface area contributed by atoms with Gasteiger partial charge in [-0.25, -0.2) is 9.37 Å². The quantitative estimate of drug-likeness (QED) is 0.470. The minimum Gasteiger partial charge on any atom is -0.356 e. The Hall–Kier alpha value is -3.80. The smallest absolute Gasteiger partial charge is 0.261 e. The molecule has 0 aliphatic heterocycles. The second-order valence-electron chi connectivity index (χ2n) is 7.11. The summed E-state index contributed by atoms with van der Waals surface area (Å²) >= 11 is 0. The van der Waals surface area contributed by atoms with Gasteiger partial charge in [-0.15, -0.1) is 0 Å². The largest absolute Gasteiger partial charge is 0.356 e. The fraction of sp³-hybridized carbons (Fsp3) is 0.0870. The van der Waals surface area contributed by atoms with Gasteiger partial charge in [0.25, 0.3) is 5.56 Å². The van der Waals surface area contributed by atoms with E-state index in [0.29, 0.717) is 16.5 Å². The second-order valence-corrected chi connectivity index (χ2v) is 7.11. The Morgan fingerprint density at radius 2 is 1.97 bits per heavy atom. The number of rotatable bonds is 3. The van der Waals surface area contributed by atoms with E-state index < -0.39 is 0 Å². The zero-order valence-electron chi connectivity index (χ0n) is 15.7. The number of hydrogen-bond acceptors (Lipinski definition) is 3. The van der Waals surface area contributed by atoms with Crippen molar-refractivity contribution in [2.24, 2.45) is 7.05 Å². The van der Waals surface area contributed by atoms with Gasteiger partial charge in [0.15, 0.2) is 0 Å². The average molecular weight is 384 g/mol. The van der Waals surface area contributed by atoms with Crippen LogP contribution in [0.4, 0.5) is 4.39 Å². The number of pyridine rings is 1. The van der Waals surface area contributed by atoms with Crippen LogP contribution in [0.2, 0.25) is 0 Å². The average Bonchev–Trinajstić information content (AvgIpc) is 3.12. The number of fused-ring (bicyclic) bond motifs is 2. The number of hydrogen-bond donors (Lipinski definition) is 0. The first-order chi connectivity index (χ1) is 14.1. The Bertz CT molecular complexity index is 1430. The zero-order chi connectivity index (χ0) is 20.0. The van der Waals surface area contributed by atoms with Gasteiger partial charge in [0, 0.05) is 36.6 Å². The fourth-order valence-electron chi connectivity index (χ4n) is 3.70. The van der Waals surface area contributed by atoms with E-state index in [1.807, 2.05) is 48.3 Å². The molecule has 5 rings (SSSR count). The zero-order valence-corrected chi connectivity index (χ0v) is 15.7. The van der Waals surface area contributed by atoms with Gasteiger partial charge in [0.1, 0.15) is 5.82 Å². The van der Waals surface area contributed by atoms with Gasteiger partial charge in [-0.05, 0) is 28.6 Å². The summed E-state index contributed by atoms with van der Waals surface area (Å²) in [6.45, 7) is 0.117. The lowest BCUT2D eigenvalue weighted by Crippen LogP contribution is -2.21. The maximum absolute atomic E-state index is 14.9. The van der Waals surface area contributed by atoms with Crippen LogP contribution in [0.1, 0.15) is 5.56 Å². The molecule has 0 saturated heterocycles. The monoisotopic (exact) mass is 384 g/mol. The summed E-state index contributed by atoms with van der Waals surface area (Å²) in [5.41, 5.74) is 2.53. The maximum atomic E-state index is 14.9. The first kappa shape index (κ1) is 17.3. The molecule has 2 aromatic carbocycles. The van der Waals surface area contributed by atoms with Crippen LogP contribution in [0.15, 0.2) is 78.4 Å². The molecule has 29 heavy (non-hydrogen) atoms. The number of aromatic nitrogens is 4. The summed E-state index contributed by atoms with van der Waals surface area (Å²) in [6, 6.07) is 12.8. The Labute approximate surface area is 165 Å². The van der Waals surface area contributed by atoms with Crippen molar-refractivity contribution in [3.63, 3.8) is 0 Å². The summed E-state index contributed by atoms with van der Waals surface area (Å²) < 4.78 is 18.3. The Balaban J connectivity index is 1.54. The highest BCUT2D eigenvalue weighted by molar-refractivity contribution is 5.96. The van der Waals surface area contributed by atoms with Gasteiger partial charge in [-0.1, -0.05) is 30.3 Å². The van der Waals surface area contributed by atoms with Crippen molar-refractivity contribution >= 4 is 21.7 Å². The molecule has 142 valence electrons. The third kappa shape index (κ3) is 2.99. The highest BCUT2D eigenvalue weighted by atomic mass is 19.1. The molecule has 0 atom stereocenters. The molecule has 0 N–H and O–H groups in total. The van der Waals surface area contributed by atoms with Crippen LogP contribution in [-0.4, -0.2) is 19.1 Å². The maximum Gasteiger partial charge on any atom is 0.261 e. The van der Waals surface area contributed by atoms with Crippen molar-refractivity contribution in [3.05, 3.63) is 95.3 Å². The van der Waals surface area contributed by atoms with Crippen LogP contribution in [0, 0.1) is 5.82 Å². The SMILES string of the molecule is Cn1cc2cccc(-c3ccc(Cn4cnc5cnccc5c4=O)c(F)c3)c2c1. The third-order valence-corrected chi connectivity index (χ3v) is 5.15. The molecule has 0 aliphatic rings. The lowest BCUT2D eigenvalue weighted by atomic mass is 9.99. The van der Waals surface area contributed by atoms with E-state index in [1.54, 1.807) is 24.5 Å². The van der Waals surface area contributed by atoms with Crippen LogP contribution in [-0.2, 0) is 13.6 Å². The number of aryl methyl sites for hydroxylation is 1. The summed E-state index contributed by atoms with van der Waals surface area (Å²) in [7, 11) is 1.97. The van der Waals surface area contributed by atoms with E-state index in [9.17, 15) is 9.18 Å². The van der Waals surface area contributed by atoms with Crippen molar-refractivity contribution in [2.75, 3.05) is 0 Å². The van der Waals surface area contributed by atoms with Crippen molar-refractivity contribution in [1.82, 2.24) is 19.1 Å². The van der Waals surface area contributed by atoms with Gasteiger partial charge in [0.2, 0.25) is 0 Å². The van der Waals surface area contributed by atoms with E-state index in [-0.39, 0.29) is 17.9 Å². The Morgan fingerprint density at radius 1 is 1.07 bits per heavy atom. The van der Waals surface area contributed by atoms with Gasteiger partial charge >= 0.3 is 0 Å². The molecule has 0 spiro atoms. The molecule has 3 heterocycles. The molecular weight excluding hydrogens is 367 g/mol. The predicted molar refractivity (Wildman–Crippen MR) is 111 cm³/mol. The molecule has 0 unspecified atom stereocenters. The van der Waals surface area contributed by atoms with Gasteiger partial charge in [-0.3, -0.25) is 14.3 Å². The summed E-state index contributed by atoms with van der Waals surface area (Å²) in [6.07, 6.45) is 8.60. The first-order valence-corrected chi connectivity index (χ1v) is 9.23. The summed E-state index contributed by atoms with van der Waals surface area (Å²) in [5.74, 6) is -0.350. The van der Waals surface area contributed by atoms with Crippen LogP contribution < -0.4 is 5.56 Å². The van der Waals surface area contributed by atoms with Crippen LogP contribution in [0.3, 0.4) is 0 Å². The molecule has 0 radical (unpaired) electrons. The van der Waals surface area contributed by atoms with E-state index >= 15 is 0 Å². The molecule has 5 aromatic rings. The highest BCUT2D eigenvalue weighted by Gasteiger charge is 2.11. The summed E-state index contributed by atoms with van der Waals surface area (Å²) in [4.78, 5) is 20.9. The van der Waals surface area contributed by atoms with Crippen LogP contribution in [0.25, 0.3) is 32.8 Å². The molecule has 6 heteroatoms. The van der Waals surface area contributed by atoms with Crippen molar-refractivity contribution in [2.45, 2.75) is 6.54 Å². The van der Waals surface area contributed by atoms with Gasteiger partial charge in [-0.2, -0.15) is 0 Å². The Kier molecular flexibility index (Phi) is 3.98. The molecule has 0 amide bonds. The highest BCUT2D eigenvalue weighted by Crippen LogP contribution is 2.30. The first-order valence-electron chi connectivity index (χ1n) is 9.23. The standard InChI is InChI=1S/C23H17FN4O/c1-27-11-16-3-2-4-18(20(16)13-27)15-5-6-17(21(24)9-15)12-28-14-26-22-10-25-8-7-19(22)23(28)29/h2-11,13-14H,12H2,1H3. The normalized spacial score (nSPS) is 11.4. The summed E-state index contributed by atoms with van der Waals surface area (Å²) in [5, 5.41) is 2.65. The molecule has 0 fully saturated rings. The predicted octanol–water partition coefficient (Wildman–Crippen LogP) is 4.14. The Morgan fingerprint density at radius 3 is 2.83 bits per heavy atom. The molecular formula is C23H17FN4O. The van der Waals surface area contributed by atoms with Gasteiger partial charge < -0.3 is 4.57 Å². The molecule has 0 bridgehead atoms. The van der Waals surface area contributed by atoms with E-state index in [0.717, 1.165) is 21.9 Å². The number of halogens is 1. The third-order valence-electron chi connectivity index (χ3n) is 5.15. The molecule has 0 aliphatic carbocycles. The topological polar surface area (TPSA) is 52.7 Å². The number of nitrogens with zero attached hydrogens (tertiary/aromatic N) is 4. The van der Waals surface area contributed by atoms with Crippen molar-refractivity contribution in [1.29, 1.82) is 0 Å². The number of benzene rings is 2. The lowest BCUT2D eigenvalue weighted by molar-refractivity contribution is 0.596. The van der Waals surface area contributed by atoms with E-state index in [2.05, 4.69) is 9.97 Å².